The highest BCUT2D eigenvalue weighted by molar-refractivity contribution is 5.75. The molecule has 0 aromatic carbocycles. The first-order valence-electron chi connectivity index (χ1n) is 5.14. The topological polar surface area (TPSA) is 61.5 Å². The van der Waals surface area contributed by atoms with Crippen LogP contribution in [0, 0.1) is 0 Å². The highest BCUT2D eigenvalue weighted by Crippen LogP contribution is 2.14. The molecule has 7 heteroatoms. The maximum Gasteiger partial charge on any atom is 0.411 e. The van der Waals surface area contributed by atoms with Crippen molar-refractivity contribution in [1.82, 2.24) is 0 Å². The first-order valence-corrected chi connectivity index (χ1v) is 5.14. The van der Waals surface area contributed by atoms with Gasteiger partial charge in [-0.15, -0.1) is 0 Å². The van der Waals surface area contributed by atoms with E-state index in [0.29, 0.717) is 0 Å². The Morgan fingerprint density at radius 2 is 1.82 bits per heavy atom. The Hall–Kier alpha value is -0.820. The highest BCUT2D eigenvalue weighted by Gasteiger charge is 2.28. The van der Waals surface area contributed by atoms with Crippen molar-refractivity contribution in [3.05, 3.63) is 0 Å². The van der Waals surface area contributed by atoms with Gasteiger partial charge in [-0.1, -0.05) is 0 Å². The minimum Gasteiger partial charge on any atom is -0.459 e. The number of hydrogen-bond donors (Lipinski definition) is 1. The second kappa shape index (κ2) is 6.20. The first-order chi connectivity index (χ1) is 7.51. The summed E-state index contributed by atoms with van der Waals surface area (Å²) in [5, 5.41) is 0. The van der Waals surface area contributed by atoms with Gasteiger partial charge in [0.25, 0.3) is 0 Å². The van der Waals surface area contributed by atoms with Crippen molar-refractivity contribution in [1.29, 1.82) is 0 Å². The Bertz CT molecular complexity index is 248. The van der Waals surface area contributed by atoms with E-state index in [9.17, 15) is 18.0 Å². The van der Waals surface area contributed by atoms with E-state index in [1.807, 2.05) is 0 Å². The zero-order valence-electron chi connectivity index (χ0n) is 10.1. The Morgan fingerprint density at radius 1 is 1.29 bits per heavy atom. The summed E-state index contributed by atoms with van der Waals surface area (Å²) in [5.74, 6) is -0.645. The lowest BCUT2D eigenvalue weighted by Gasteiger charge is -2.22. The van der Waals surface area contributed by atoms with E-state index in [1.165, 1.54) is 0 Å². The predicted octanol–water partition coefficient (Wildman–Crippen LogP) is 1.62. The zero-order chi connectivity index (χ0) is 13.7. The summed E-state index contributed by atoms with van der Waals surface area (Å²) >= 11 is 0. The van der Waals surface area contributed by atoms with E-state index < -0.39 is 30.4 Å². The molecule has 1 unspecified atom stereocenters. The van der Waals surface area contributed by atoms with Crippen molar-refractivity contribution in [2.24, 2.45) is 5.73 Å². The average molecular weight is 257 g/mol. The summed E-state index contributed by atoms with van der Waals surface area (Å²) in [6.45, 7) is 3.46. The summed E-state index contributed by atoms with van der Waals surface area (Å²) in [4.78, 5) is 11.3. The van der Waals surface area contributed by atoms with Crippen LogP contribution in [-0.2, 0) is 14.3 Å². The third kappa shape index (κ3) is 10.1. The molecule has 0 aliphatic rings. The lowest BCUT2D eigenvalue weighted by molar-refractivity contribution is -0.174. The molecule has 2 N–H and O–H groups in total. The van der Waals surface area contributed by atoms with Crippen molar-refractivity contribution in [3.8, 4) is 0 Å². The van der Waals surface area contributed by atoms with Gasteiger partial charge in [0, 0.05) is 6.61 Å². The van der Waals surface area contributed by atoms with Crippen LogP contribution in [0.1, 0.15) is 27.2 Å². The van der Waals surface area contributed by atoms with Crippen LogP contribution < -0.4 is 5.73 Å². The summed E-state index contributed by atoms with van der Waals surface area (Å²) in [5.41, 5.74) is 4.77. The molecule has 1 atom stereocenters. The molecular formula is C10H18F3NO3. The number of carbonyl (C=O) groups is 1. The van der Waals surface area contributed by atoms with Crippen molar-refractivity contribution in [2.75, 3.05) is 13.2 Å². The molecule has 0 radical (unpaired) electrons. The fraction of sp³-hybridized carbons (Fsp3) is 0.900. The van der Waals surface area contributed by atoms with Gasteiger partial charge in [-0.05, 0) is 27.2 Å². The van der Waals surface area contributed by atoms with Gasteiger partial charge in [0.2, 0.25) is 0 Å². The SMILES string of the molecule is CC(C)(C)OC(=O)C(N)CCOCC(F)(F)F. The molecular weight excluding hydrogens is 239 g/mol. The molecule has 0 spiro atoms. The molecule has 0 aliphatic heterocycles. The van der Waals surface area contributed by atoms with Gasteiger partial charge < -0.3 is 15.2 Å². The molecule has 0 aliphatic carbocycles. The minimum atomic E-state index is -4.37. The van der Waals surface area contributed by atoms with E-state index in [4.69, 9.17) is 10.5 Å². The maximum absolute atomic E-state index is 11.7. The van der Waals surface area contributed by atoms with Crippen molar-refractivity contribution >= 4 is 5.97 Å². The number of nitrogens with two attached hydrogens (primary N) is 1. The van der Waals surface area contributed by atoms with Crippen molar-refractivity contribution < 1.29 is 27.4 Å². The maximum atomic E-state index is 11.7. The van der Waals surface area contributed by atoms with E-state index in [-0.39, 0.29) is 13.0 Å². The molecule has 0 aromatic heterocycles. The number of alkyl halides is 3. The number of rotatable bonds is 5. The number of carbonyl (C=O) groups excluding carboxylic acids is 1. The minimum absolute atomic E-state index is 0.00894. The van der Waals surface area contributed by atoms with Crippen LogP contribution in [0.15, 0.2) is 0 Å². The highest BCUT2D eigenvalue weighted by atomic mass is 19.4. The molecule has 0 bridgehead atoms. The second-order valence-electron chi connectivity index (χ2n) is 4.60. The Balaban J connectivity index is 3.80. The summed E-state index contributed by atoms with van der Waals surface area (Å²) in [7, 11) is 0. The molecule has 102 valence electrons. The van der Waals surface area contributed by atoms with E-state index in [2.05, 4.69) is 4.74 Å². The summed E-state index contributed by atoms with van der Waals surface area (Å²) in [6.07, 6.45) is -4.37. The quantitative estimate of drug-likeness (QED) is 0.600. The first kappa shape index (κ1) is 16.2. The van der Waals surface area contributed by atoms with Crippen LogP contribution in [0.3, 0.4) is 0 Å². The number of ether oxygens (including phenoxy) is 2. The van der Waals surface area contributed by atoms with Crippen LogP contribution in [0.2, 0.25) is 0 Å². The molecule has 0 aromatic rings. The molecule has 0 fully saturated rings. The van der Waals surface area contributed by atoms with Crippen molar-refractivity contribution in [3.63, 3.8) is 0 Å². The monoisotopic (exact) mass is 257 g/mol. The molecule has 17 heavy (non-hydrogen) atoms. The molecule has 0 saturated heterocycles. The van der Waals surface area contributed by atoms with Gasteiger partial charge in [0.1, 0.15) is 18.2 Å². The molecule has 4 nitrogen and oxygen atoms in total. The standard InChI is InChI=1S/C10H18F3NO3/c1-9(2,3)17-8(15)7(14)4-5-16-6-10(11,12)13/h7H,4-6,14H2,1-3H3. The smallest absolute Gasteiger partial charge is 0.411 e. The fourth-order valence-corrected chi connectivity index (χ4v) is 0.894. The third-order valence-corrected chi connectivity index (χ3v) is 1.55. The molecule has 0 heterocycles. The lowest BCUT2D eigenvalue weighted by atomic mass is 10.2. The zero-order valence-corrected chi connectivity index (χ0v) is 10.1. The van der Waals surface area contributed by atoms with Gasteiger partial charge in [-0.25, -0.2) is 0 Å². The average Bonchev–Trinajstić information content (AvgIpc) is 2.07. The number of esters is 1. The normalized spacial score (nSPS) is 14.5. The second-order valence-corrected chi connectivity index (χ2v) is 4.60. The Labute approximate surface area is 98.2 Å². The van der Waals surface area contributed by atoms with Gasteiger partial charge in [-0.3, -0.25) is 4.79 Å². The summed E-state index contributed by atoms with van der Waals surface area (Å²) < 4.78 is 44.4. The molecule has 0 saturated carbocycles. The Morgan fingerprint density at radius 3 is 2.24 bits per heavy atom. The van der Waals surface area contributed by atoms with E-state index >= 15 is 0 Å². The van der Waals surface area contributed by atoms with Crippen molar-refractivity contribution in [2.45, 2.75) is 45.0 Å². The molecule has 0 rings (SSSR count). The Kier molecular flexibility index (Phi) is 5.91. The molecule has 0 amide bonds. The fourth-order valence-electron chi connectivity index (χ4n) is 0.894. The number of halogens is 3. The third-order valence-electron chi connectivity index (χ3n) is 1.55. The van der Waals surface area contributed by atoms with Crippen LogP contribution in [0.5, 0.6) is 0 Å². The summed E-state index contributed by atoms with van der Waals surface area (Å²) in [6, 6.07) is -0.970. The van der Waals surface area contributed by atoms with Crippen LogP contribution in [0.4, 0.5) is 13.2 Å². The van der Waals surface area contributed by atoms with Gasteiger partial charge >= 0.3 is 12.1 Å². The van der Waals surface area contributed by atoms with Crippen LogP contribution in [0.25, 0.3) is 0 Å². The lowest BCUT2D eigenvalue weighted by Crippen LogP contribution is -2.38. The van der Waals surface area contributed by atoms with E-state index in [0.717, 1.165) is 0 Å². The van der Waals surface area contributed by atoms with Crippen LogP contribution in [-0.4, -0.2) is 37.0 Å². The van der Waals surface area contributed by atoms with E-state index in [1.54, 1.807) is 20.8 Å². The van der Waals surface area contributed by atoms with Gasteiger partial charge in [0.05, 0.1) is 0 Å². The van der Waals surface area contributed by atoms with Gasteiger partial charge in [0.15, 0.2) is 0 Å². The van der Waals surface area contributed by atoms with Gasteiger partial charge in [-0.2, -0.15) is 13.2 Å². The van der Waals surface area contributed by atoms with Crippen LogP contribution >= 0.6 is 0 Å². The predicted molar refractivity (Wildman–Crippen MR) is 55.3 cm³/mol. The number of hydrogen-bond acceptors (Lipinski definition) is 4. The largest absolute Gasteiger partial charge is 0.459 e.